The summed E-state index contributed by atoms with van der Waals surface area (Å²) in [5.41, 5.74) is 4.89. The molecule has 142 valence electrons. The van der Waals surface area contributed by atoms with Crippen LogP contribution >= 0.6 is 11.8 Å². The zero-order valence-corrected chi connectivity index (χ0v) is 16.6. The molecule has 0 atom stereocenters. The molecule has 3 nitrogen and oxygen atoms in total. The first kappa shape index (κ1) is 17.2. The molecule has 6 rings (SSSR count). The summed E-state index contributed by atoms with van der Waals surface area (Å²) in [6.07, 6.45) is 0. The molecule has 0 amide bonds. The van der Waals surface area contributed by atoms with Crippen molar-refractivity contribution in [3.05, 3.63) is 113 Å². The summed E-state index contributed by atoms with van der Waals surface area (Å²) in [7, 11) is 0. The highest BCUT2D eigenvalue weighted by Gasteiger charge is 2.31. The number of rotatable bonds is 1. The van der Waals surface area contributed by atoms with Gasteiger partial charge < -0.3 is 4.90 Å². The van der Waals surface area contributed by atoms with Crippen LogP contribution in [0.1, 0.15) is 31.8 Å². The molecule has 1 aliphatic carbocycles. The second-order valence-corrected chi connectivity index (χ2v) is 8.39. The first-order valence-corrected chi connectivity index (χ1v) is 10.5. The summed E-state index contributed by atoms with van der Waals surface area (Å²) in [4.78, 5) is 30.6. The lowest BCUT2D eigenvalue weighted by molar-refractivity contribution is 0.0979. The highest BCUT2D eigenvalue weighted by atomic mass is 32.2. The SMILES string of the molecule is O=C1c2ccccc2C(=O)c2cc(N3c4ccccc4Sc4ccccc43)ccc21. The molecule has 0 aromatic heterocycles. The summed E-state index contributed by atoms with van der Waals surface area (Å²) < 4.78 is 0. The molecule has 0 saturated carbocycles. The van der Waals surface area contributed by atoms with E-state index < -0.39 is 0 Å². The van der Waals surface area contributed by atoms with Gasteiger partial charge in [-0.3, -0.25) is 9.59 Å². The number of nitrogens with zero attached hydrogens (tertiary/aromatic N) is 1. The number of carbonyl (C=O) groups excluding carboxylic acids is 2. The first-order valence-electron chi connectivity index (χ1n) is 9.71. The number of anilines is 3. The van der Waals surface area contributed by atoms with E-state index >= 15 is 0 Å². The van der Waals surface area contributed by atoms with E-state index in [1.807, 2.05) is 36.4 Å². The lowest BCUT2D eigenvalue weighted by Crippen LogP contribution is -2.22. The number of para-hydroxylation sites is 2. The highest BCUT2D eigenvalue weighted by Crippen LogP contribution is 2.51. The van der Waals surface area contributed by atoms with Crippen LogP contribution in [0.15, 0.2) is 101 Å². The van der Waals surface area contributed by atoms with E-state index in [0.29, 0.717) is 22.3 Å². The Balaban J connectivity index is 1.56. The van der Waals surface area contributed by atoms with Crippen molar-refractivity contribution < 1.29 is 9.59 Å². The van der Waals surface area contributed by atoms with Crippen LogP contribution in [-0.2, 0) is 0 Å². The number of fused-ring (bicyclic) bond motifs is 4. The van der Waals surface area contributed by atoms with Crippen molar-refractivity contribution in [1.82, 2.24) is 0 Å². The van der Waals surface area contributed by atoms with Crippen LogP contribution in [0.2, 0.25) is 0 Å². The van der Waals surface area contributed by atoms with Gasteiger partial charge in [-0.2, -0.15) is 0 Å². The largest absolute Gasteiger partial charge is 0.308 e. The molecule has 0 radical (unpaired) electrons. The fourth-order valence-electron chi connectivity index (χ4n) is 4.21. The van der Waals surface area contributed by atoms with Crippen molar-refractivity contribution in [1.29, 1.82) is 0 Å². The van der Waals surface area contributed by atoms with E-state index in [0.717, 1.165) is 26.9 Å². The van der Waals surface area contributed by atoms with Crippen LogP contribution in [0, 0.1) is 0 Å². The van der Waals surface area contributed by atoms with Gasteiger partial charge in [-0.25, -0.2) is 0 Å². The van der Waals surface area contributed by atoms with Crippen LogP contribution in [0.5, 0.6) is 0 Å². The Morgan fingerprint density at radius 2 is 1.03 bits per heavy atom. The molecule has 1 heterocycles. The van der Waals surface area contributed by atoms with Crippen LogP contribution in [0.4, 0.5) is 17.1 Å². The van der Waals surface area contributed by atoms with Gasteiger partial charge in [0.2, 0.25) is 0 Å². The minimum Gasteiger partial charge on any atom is -0.308 e. The minimum atomic E-state index is -0.102. The number of hydrogen-bond acceptors (Lipinski definition) is 4. The number of carbonyl (C=O) groups is 2. The predicted molar refractivity (Wildman–Crippen MR) is 119 cm³/mol. The minimum absolute atomic E-state index is 0.0956. The van der Waals surface area contributed by atoms with Gasteiger partial charge in [0.05, 0.1) is 11.4 Å². The Morgan fingerprint density at radius 3 is 1.67 bits per heavy atom. The summed E-state index contributed by atoms with van der Waals surface area (Å²) in [6, 6.07) is 29.1. The monoisotopic (exact) mass is 405 g/mol. The molecule has 0 spiro atoms. The van der Waals surface area contributed by atoms with Crippen molar-refractivity contribution in [3.63, 3.8) is 0 Å². The van der Waals surface area contributed by atoms with E-state index in [9.17, 15) is 9.59 Å². The third-order valence-corrected chi connectivity index (χ3v) is 6.73. The van der Waals surface area contributed by atoms with Crippen LogP contribution in [0.25, 0.3) is 0 Å². The zero-order chi connectivity index (χ0) is 20.2. The average Bonchev–Trinajstić information content (AvgIpc) is 2.80. The maximum Gasteiger partial charge on any atom is 0.194 e. The molecular formula is C26H15NO2S. The Kier molecular flexibility index (Phi) is 3.70. The van der Waals surface area contributed by atoms with E-state index in [-0.39, 0.29) is 11.6 Å². The fraction of sp³-hybridized carbons (Fsp3) is 0. The second-order valence-electron chi connectivity index (χ2n) is 7.31. The van der Waals surface area contributed by atoms with E-state index in [1.165, 1.54) is 0 Å². The smallest absolute Gasteiger partial charge is 0.194 e. The van der Waals surface area contributed by atoms with E-state index in [1.54, 1.807) is 42.1 Å². The van der Waals surface area contributed by atoms with Crippen molar-refractivity contribution in [3.8, 4) is 0 Å². The number of hydrogen-bond donors (Lipinski definition) is 0. The van der Waals surface area contributed by atoms with E-state index in [2.05, 4.69) is 29.2 Å². The summed E-state index contributed by atoms with van der Waals surface area (Å²) in [6.45, 7) is 0. The molecule has 0 saturated heterocycles. The average molecular weight is 405 g/mol. The molecule has 30 heavy (non-hydrogen) atoms. The van der Waals surface area contributed by atoms with Crippen LogP contribution in [0.3, 0.4) is 0 Å². The Hall–Kier alpha value is -3.63. The molecule has 4 aromatic carbocycles. The predicted octanol–water partition coefficient (Wildman–Crippen LogP) is 6.40. The van der Waals surface area contributed by atoms with E-state index in [4.69, 9.17) is 0 Å². The maximum absolute atomic E-state index is 13.2. The Labute approximate surface area is 178 Å². The van der Waals surface area contributed by atoms with Crippen molar-refractivity contribution in [2.45, 2.75) is 9.79 Å². The number of ketones is 2. The molecule has 0 fully saturated rings. The Morgan fingerprint density at radius 1 is 0.533 bits per heavy atom. The molecule has 0 unspecified atom stereocenters. The van der Waals surface area contributed by atoms with Gasteiger partial charge in [0, 0.05) is 37.7 Å². The lowest BCUT2D eigenvalue weighted by Gasteiger charge is -2.33. The molecule has 4 heteroatoms. The fourth-order valence-corrected chi connectivity index (χ4v) is 5.27. The van der Waals surface area contributed by atoms with Gasteiger partial charge in [0.25, 0.3) is 0 Å². The van der Waals surface area contributed by atoms with Gasteiger partial charge in [-0.1, -0.05) is 60.3 Å². The van der Waals surface area contributed by atoms with Gasteiger partial charge >= 0.3 is 0 Å². The van der Waals surface area contributed by atoms with Crippen LogP contribution < -0.4 is 4.90 Å². The molecular weight excluding hydrogens is 390 g/mol. The second kappa shape index (κ2) is 6.44. The lowest BCUT2D eigenvalue weighted by atomic mass is 9.84. The summed E-state index contributed by atoms with van der Waals surface area (Å²) >= 11 is 1.74. The maximum atomic E-state index is 13.2. The quantitative estimate of drug-likeness (QED) is 0.317. The number of benzene rings is 4. The zero-order valence-electron chi connectivity index (χ0n) is 15.8. The van der Waals surface area contributed by atoms with Crippen molar-refractivity contribution in [2.24, 2.45) is 0 Å². The molecule has 0 N–H and O–H groups in total. The van der Waals surface area contributed by atoms with Crippen LogP contribution in [-0.4, -0.2) is 11.6 Å². The normalized spacial score (nSPS) is 13.9. The third kappa shape index (κ3) is 2.41. The molecule has 4 aromatic rings. The standard InChI is InChI=1S/C26H15NO2S/c28-25-17-7-1-2-8-18(17)26(29)20-15-16(13-14-19(20)25)27-21-9-3-5-11-23(21)30-24-12-6-4-10-22(24)27/h1-15H. The summed E-state index contributed by atoms with van der Waals surface area (Å²) in [5.74, 6) is -0.197. The van der Waals surface area contributed by atoms with Crippen molar-refractivity contribution in [2.75, 3.05) is 4.90 Å². The van der Waals surface area contributed by atoms with Gasteiger partial charge in [0.15, 0.2) is 11.6 Å². The van der Waals surface area contributed by atoms with Gasteiger partial charge in [-0.15, -0.1) is 0 Å². The summed E-state index contributed by atoms with van der Waals surface area (Å²) in [5, 5.41) is 0. The Bertz CT molecular complexity index is 1330. The van der Waals surface area contributed by atoms with Gasteiger partial charge in [0.1, 0.15) is 0 Å². The van der Waals surface area contributed by atoms with Crippen molar-refractivity contribution >= 4 is 40.4 Å². The topological polar surface area (TPSA) is 37.4 Å². The first-order chi connectivity index (χ1) is 14.7. The highest BCUT2D eigenvalue weighted by molar-refractivity contribution is 7.99. The third-order valence-electron chi connectivity index (χ3n) is 5.60. The molecule has 0 bridgehead atoms. The molecule has 2 aliphatic rings. The molecule has 1 aliphatic heterocycles. The van der Waals surface area contributed by atoms with Gasteiger partial charge in [-0.05, 0) is 42.5 Å².